The number of nitrogens with zero attached hydrogens (tertiary/aromatic N) is 2. The number of carboxylic acid groups (broad SMARTS) is 1. The lowest BCUT2D eigenvalue weighted by molar-refractivity contribution is -0.152. The van der Waals surface area contributed by atoms with Crippen LogP contribution in [0.5, 0.6) is 0 Å². The van der Waals surface area contributed by atoms with Crippen LogP contribution in [-0.4, -0.2) is 38.3 Å². The number of halogens is 1. The van der Waals surface area contributed by atoms with Crippen LogP contribution in [0.25, 0.3) is 16.7 Å². The molecule has 0 radical (unpaired) electrons. The molecule has 3 aromatic rings. The summed E-state index contributed by atoms with van der Waals surface area (Å²) in [5.41, 5.74) is 4.06. The third kappa shape index (κ3) is 4.75. The molecular formula is C21H21ClN2O5. The first-order valence-corrected chi connectivity index (χ1v) is 9.58. The monoisotopic (exact) mass is 416 g/mol. The van der Waals surface area contributed by atoms with Crippen LogP contribution < -0.4 is 0 Å². The van der Waals surface area contributed by atoms with Gasteiger partial charge >= 0.3 is 11.9 Å². The summed E-state index contributed by atoms with van der Waals surface area (Å²) in [6.45, 7) is 1.99. The number of fused-ring (bicyclic) bond motifs is 1. The topological polar surface area (TPSA) is 102 Å². The molecule has 2 aromatic carbocycles. The second-order valence-electron chi connectivity index (χ2n) is 6.52. The van der Waals surface area contributed by atoms with Crippen molar-refractivity contribution < 1.29 is 24.5 Å². The van der Waals surface area contributed by atoms with Crippen molar-refractivity contribution in [1.29, 1.82) is 0 Å². The Kier molecular flexibility index (Phi) is 6.51. The van der Waals surface area contributed by atoms with Crippen molar-refractivity contribution in [1.82, 2.24) is 9.55 Å². The number of rotatable bonds is 8. The molecule has 0 fully saturated rings. The molecule has 0 aliphatic rings. The van der Waals surface area contributed by atoms with E-state index in [9.17, 15) is 9.59 Å². The molecule has 0 unspecified atom stereocenters. The van der Waals surface area contributed by atoms with Crippen molar-refractivity contribution in [3.05, 3.63) is 58.4 Å². The first-order valence-electron chi connectivity index (χ1n) is 9.20. The summed E-state index contributed by atoms with van der Waals surface area (Å²) >= 11 is 6.39. The number of aliphatic hydroxyl groups excluding tert-OH is 1. The summed E-state index contributed by atoms with van der Waals surface area (Å²) in [4.78, 5) is 26.7. The van der Waals surface area contributed by atoms with E-state index in [1.54, 1.807) is 12.1 Å². The van der Waals surface area contributed by atoms with Gasteiger partial charge in [-0.2, -0.15) is 0 Å². The van der Waals surface area contributed by atoms with Gasteiger partial charge in [0.25, 0.3) is 0 Å². The zero-order valence-corrected chi connectivity index (χ0v) is 16.6. The fourth-order valence-corrected chi connectivity index (χ4v) is 3.31. The summed E-state index contributed by atoms with van der Waals surface area (Å²) < 4.78 is 7.01. The number of hydrogen-bond donors (Lipinski definition) is 2. The zero-order valence-electron chi connectivity index (χ0n) is 15.9. The van der Waals surface area contributed by atoms with E-state index in [-0.39, 0.29) is 13.2 Å². The first kappa shape index (κ1) is 20.8. The normalized spacial score (nSPS) is 11.0. The van der Waals surface area contributed by atoms with E-state index in [0.717, 1.165) is 22.6 Å². The number of esters is 1. The minimum Gasteiger partial charge on any atom is -0.481 e. The number of aryl methyl sites for hydroxylation is 1. The van der Waals surface area contributed by atoms with Crippen molar-refractivity contribution in [2.75, 3.05) is 6.61 Å². The molecule has 2 N–H and O–H groups in total. The average molecular weight is 417 g/mol. The molecule has 0 saturated heterocycles. The number of carbonyl (C=O) groups excluding carboxylic acids is 1. The summed E-state index contributed by atoms with van der Waals surface area (Å²) in [5.74, 6) is -1.21. The van der Waals surface area contributed by atoms with Crippen molar-refractivity contribution in [2.45, 2.75) is 32.8 Å². The van der Waals surface area contributed by atoms with Crippen LogP contribution in [-0.2, 0) is 33.8 Å². The van der Waals surface area contributed by atoms with E-state index in [1.807, 2.05) is 35.8 Å². The standard InChI is InChI=1S/C21H21ClN2O5/c1-2-19-23-17-9-14(12-29-21(28)11-20(26)27)16(22)10-18(17)24(19)15-5-3-13(4-6-15)7-8-25/h3-6,9-10,25H,2,7-8,11-12H2,1H3,(H,26,27). The number of hydrogen-bond acceptors (Lipinski definition) is 5. The second kappa shape index (κ2) is 9.07. The van der Waals surface area contributed by atoms with Gasteiger partial charge in [-0.15, -0.1) is 0 Å². The van der Waals surface area contributed by atoms with Crippen LogP contribution in [0.15, 0.2) is 36.4 Å². The lowest BCUT2D eigenvalue weighted by Crippen LogP contribution is -2.10. The largest absolute Gasteiger partial charge is 0.481 e. The predicted molar refractivity (Wildman–Crippen MR) is 108 cm³/mol. The molecule has 0 amide bonds. The summed E-state index contributed by atoms with van der Waals surface area (Å²) in [6, 6.07) is 11.4. The molecule has 0 atom stereocenters. The molecular weight excluding hydrogens is 396 g/mol. The SMILES string of the molecule is CCc1nc2cc(COC(=O)CC(=O)O)c(Cl)cc2n1-c1ccc(CCO)cc1. The van der Waals surface area contributed by atoms with E-state index in [0.29, 0.717) is 28.9 Å². The van der Waals surface area contributed by atoms with Gasteiger partial charge in [0.15, 0.2) is 0 Å². The Bertz CT molecular complexity index is 1040. The molecule has 1 aromatic heterocycles. The Morgan fingerprint density at radius 1 is 1.21 bits per heavy atom. The minimum absolute atomic E-state index is 0.100. The van der Waals surface area contributed by atoms with Gasteiger partial charge < -0.3 is 14.9 Å². The Hall–Kier alpha value is -2.90. The van der Waals surface area contributed by atoms with Gasteiger partial charge in [-0.25, -0.2) is 4.98 Å². The van der Waals surface area contributed by atoms with Crippen LogP contribution >= 0.6 is 11.6 Å². The fraction of sp³-hybridized carbons (Fsp3) is 0.286. The molecule has 7 nitrogen and oxygen atoms in total. The number of ether oxygens (including phenoxy) is 1. The van der Waals surface area contributed by atoms with Gasteiger partial charge in [-0.3, -0.25) is 14.2 Å². The van der Waals surface area contributed by atoms with Crippen LogP contribution in [0.3, 0.4) is 0 Å². The van der Waals surface area contributed by atoms with E-state index >= 15 is 0 Å². The third-order valence-corrected chi connectivity index (χ3v) is 4.84. The number of carboxylic acids is 1. The number of carbonyl (C=O) groups is 2. The smallest absolute Gasteiger partial charge is 0.317 e. The highest BCUT2D eigenvalue weighted by molar-refractivity contribution is 6.32. The van der Waals surface area contributed by atoms with Crippen molar-refractivity contribution in [2.24, 2.45) is 0 Å². The van der Waals surface area contributed by atoms with Crippen molar-refractivity contribution >= 4 is 34.6 Å². The van der Waals surface area contributed by atoms with Gasteiger partial charge in [-0.05, 0) is 36.2 Å². The minimum atomic E-state index is -1.24. The van der Waals surface area contributed by atoms with Crippen LogP contribution in [0.2, 0.25) is 5.02 Å². The molecule has 152 valence electrons. The molecule has 0 spiro atoms. The molecule has 1 heterocycles. The van der Waals surface area contributed by atoms with Gasteiger partial charge in [0, 0.05) is 29.3 Å². The third-order valence-electron chi connectivity index (χ3n) is 4.49. The fourth-order valence-electron chi connectivity index (χ4n) is 3.10. The highest BCUT2D eigenvalue weighted by Gasteiger charge is 2.16. The van der Waals surface area contributed by atoms with Gasteiger partial charge in [0.2, 0.25) is 0 Å². The number of aromatic nitrogens is 2. The number of benzene rings is 2. The lowest BCUT2D eigenvalue weighted by Gasteiger charge is -2.10. The zero-order chi connectivity index (χ0) is 21.0. The maximum atomic E-state index is 11.5. The van der Waals surface area contributed by atoms with Gasteiger partial charge in [0.05, 0.1) is 11.0 Å². The average Bonchev–Trinajstić information content (AvgIpc) is 3.04. The summed E-state index contributed by atoms with van der Waals surface area (Å²) in [5, 5.41) is 18.1. The van der Waals surface area contributed by atoms with Gasteiger partial charge in [0.1, 0.15) is 18.9 Å². The first-order chi connectivity index (χ1) is 13.9. The number of aliphatic hydroxyl groups is 1. The Morgan fingerprint density at radius 2 is 1.93 bits per heavy atom. The molecule has 0 bridgehead atoms. The van der Waals surface area contributed by atoms with Gasteiger partial charge in [-0.1, -0.05) is 30.7 Å². The van der Waals surface area contributed by atoms with Crippen LogP contribution in [0.4, 0.5) is 0 Å². The molecule has 29 heavy (non-hydrogen) atoms. The molecule has 0 aliphatic heterocycles. The second-order valence-corrected chi connectivity index (χ2v) is 6.93. The maximum Gasteiger partial charge on any atom is 0.317 e. The lowest BCUT2D eigenvalue weighted by atomic mass is 10.1. The van der Waals surface area contributed by atoms with Crippen LogP contribution in [0, 0.1) is 0 Å². The Balaban J connectivity index is 1.94. The van der Waals surface area contributed by atoms with E-state index in [1.165, 1.54) is 0 Å². The number of aliphatic carboxylic acids is 1. The molecule has 0 aliphatic carbocycles. The van der Waals surface area contributed by atoms with E-state index in [4.69, 9.17) is 26.6 Å². The Morgan fingerprint density at radius 3 is 2.55 bits per heavy atom. The molecule has 3 rings (SSSR count). The van der Waals surface area contributed by atoms with Crippen molar-refractivity contribution in [3.63, 3.8) is 0 Å². The Labute approximate surface area is 172 Å². The maximum absolute atomic E-state index is 11.5. The molecule has 8 heteroatoms. The quantitative estimate of drug-likeness (QED) is 0.431. The van der Waals surface area contributed by atoms with Crippen LogP contribution in [0.1, 0.15) is 30.3 Å². The van der Waals surface area contributed by atoms with Crippen molar-refractivity contribution in [3.8, 4) is 5.69 Å². The van der Waals surface area contributed by atoms with E-state index < -0.39 is 18.4 Å². The number of imidazole rings is 1. The predicted octanol–water partition coefficient (Wildman–Crippen LogP) is 3.29. The highest BCUT2D eigenvalue weighted by atomic mass is 35.5. The van der Waals surface area contributed by atoms with E-state index in [2.05, 4.69) is 4.98 Å². The summed E-state index contributed by atoms with van der Waals surface area (Å²) in [7, 11) is 0. The molecule has 0 saturated carbocycles. The summed E-state index contributed by atoms with van der Waals surface area (Å²) in [6.07, 6.45) is 0.607. The highest BCUT2D eigenvalue weighted by Crippen LogP contribution is 2.28.